The van der Waals surface area contributed by atoms with Crippen molar-refractivity contribution in [1.29, 1.82) is 0 Å². The van der Waals surface area contributed by atoms with Crippen molar-refractivity contribution in [3.8, 4) is 0 Å². The lowest BCUT2D eigenvalue weighted by atomic mass is 10.1. The number of amides is 1. The van der Waals surface area contributed by atoms with Gasteiger partial charge in [0, 0.05) is 25.7 Å². The summed E-state index contributed by atoms with van der Waals surface area (Å²) >= 11 is 0. The second-order valence-electron chi connectivity index (χ2n) is 6.41. The van der Waals surface area contributed by atoms with Gasteiger partial charge in [-0.15, -0.1) is 0 Å². The molecule has 1 N–H and O–H groups in total. The lowest BCUT2D eigenvalue weighted by Gasteiger charge is -2.26. The minimum atomic E-state index is -4.12. The van der Waals surface area contributed by atoms with Crippen LogP contribution >= 0.6 is 0 Å². The Bertz CT molecular complexity index is 340. The van der Waals surface area contributed by atoms with Crippen LogP contribution in [0.3, 0.4) is 0 Å². The zero-order valence-corrected chi connectivity index (χ0v) is 12.9. The third-order valence-electron chi connectivity index (χ3n) is 3.22. The van der Waals surface area contributed by atoms with Gasteiger partial charge in [-0.1, -0.05) is 0 Å². The van der Waals surface area contributed by atoms with Crippen LogP contribution < -0.4 is 5.32 Å². The zero-order chi connectivity index (χ0) is 16.1. The molecular formula is C14H25F3N2O2. The van der Waals surface area contributed by atoms with Crippen LogP contribution in [-0.4, -0.2) is 48.4 Å². The number of ether oxygens (including phenoxy) is 1. The second kappa shape index (κ2) is 7.33. The van der Waals surface area contributed by atoms with Gasteiger partial charge >= 0.3 is 12.3 Å². The van der Waals surface area contributed by atoms with Gasteiger partial charge in [-0.3, -0.25) is 0 Å². The van der Waals surface area contributed by atoms with E-state index in [1.54, 1.807) is 4.90 Å². The predicted molar refractivity (Wildman–Crippen MR) is 74.1 cm³/mol. The number of nitrogens with one attached hydrogen (secondary N) is 1. The first-order valence-electron chi connectivity index (χ1n) is 7.35. The molecule has 1 aliphatic heterocycles. The number of halogens is 3. The van der Waals surface area contributed by atoms with Crippen molar-refractivity contribution < 1.29 is 22.7 Å². The maximum atomic E-state index is 12.1. The Labute approximate surface area is 124 Å². The minimum Gasteiger partial charge on any atom is -0.444 e. The van der Waals surface area contributed by atoms with Crippen molar-refractivity contribution in [3.05, 3.63) is 0 Å². The molecule has 0 aromatic rings. The zero-order valence-electron chi connectivity index (χ0n) is 12.9. The van der Waals surface area contributed by atoms with Crippen molar-refractivity contribution >= 4 is 6.09 Å². The maximum Gasteiger partial charge on any atom is 0.410 e. The average Bonchev–Trinajstić information content (AvgIpc) is 2.50. The summed E-state index contributed by atoms with van der Waals surface area (Å²) in [6.45, 7) is 6.46. The van der Waals surface area contributed by atoms with E-state index in [1.807, 2.05) is 20.8 Å². The molecule has 0 aromatic heterocycles. The number of likely N-dealkylation sites (tertiary alicyclic amines) is 1. The van der Waals surface area contributed by atoms with Gasteiger partial charge in [0.2, 0.25) is 0 Å². The summed E-state index contributed by atoms with van der Waals surface area (Å²) in [4.78, 5) is 13.6. The van der Waals surface area contributed by atoms with E-state index >= 15 is 0 Å². The molecule has 1 atom stereocenters. The lowest BCUT2D eigenvalue weighted by molar-refractivity contribution is -0.133. The molecule has 1 heterocycles. The van der Waals surface area contributed by atoms with E-state index in [0.717, 1.165) is 12.8 Å². The number of nitrogens with zero attached hydrogens (tertiary/aromatic N) is 1. The minimum absolute atomic E-state index is 0.0276. The first kappa shape index (κ1) is 18.1. The molecule has 1 unspecified atom stereocenters. The van der Waals surface area contributed by atoms with E-state index in [2.05, 4.69) is 5.32 Å². The van der Waals surface area contributed by atoms with Crippen LogP contribution in [0.15, 0.2) is 0 Å². The molecule has 21 heavy (non-hydrogen) atoms. The molecule has 0 spiro atoms. The van der Waals surface area contributed by atoms with Gasteiger partial charge in [0.1, 0.15) is 5.60 Å². The number of rotatable bonds is 3. The van der Waals surface area contributed by atoms with Crippen molar-refractivity contribution in [3.63, 3.8) is 0 Å². The summed E-state index contributed by atoms with van der Waals surface area (Å²) < 4.78 is 41.6. The molecule has 1 amide bonds. The molecule has 0 bridgehead atoms. The third-order valence-corrected chi connectivity index (χ3v) is 3.22. The van der Waals surface area contributed by atoms with E-state index < -0.39 is 18.2 Å². The van der Waals surface area contributed by atoms with Crippen LogP contribution in [-0.2, 0) is 4.74 Å². The van der Waals surface area contributed by atoms with Crippen LogP contribution in [0.25, 0.3) is 0 Å². The van der Waals surface area contributed by atoms with E-state index in [0.29, 0.717) is 19.5 Å². The van der Waals surface area contributed by atoms with Gasteiger partial charge in [-0.05, 0) is 40.0 Å². The number of hydrogen-bond donors (Lipinski definition) is 1. The molecule has 0 radical (unpaired) electrons. The Morgan fingerprint density at radius 3 is 2.48 bits per heavy atom. The van der Waals surface area contributed by atoms with E-state index in [9.17, 15) is 18.0 Å². The Hall–Kier alpha value is -0.980. The molecule has 4 nitrogen and oxygen atoms in total. The summed E-state index contributed by atoms with van der Waals surface area (Å²) in [5, 5.41) is 2.93. The number of hydrogen-bond acceptors (Lipinski definition) is 3. The summed E-state index contributed by atoms with van der Waals surface area (Å²) in [5.74, 6) is 0. The highest BCUT2D eigenvalue weighted by Crippen LogP contribution is 2.19. The van der Waals surface area contributed by atoms with Crippen LogP contribution in [0.2, 0.25) is 0 Å². The van der Waals surface area contributed by atoms with Gasteiger partial charge in [-0.25, -0.2) is 4.79 Å². The third kappa shape index (κ3) is 8.14. The maximum absolute atomic E-state index is 12.1. The quantitative estimate of drug-likeness (QED) is 0.869. The van der Waals surface area contributed by atoms with E-state index in [1.165, 1.54) is 0 Å². The smallest absolute Gasteiger partial charge is 0.410 e. The Morgan fingerprint density at radius 2 is 1.90 bits per heavy atom. The molecule has 0 aliphatic carbocycles. The molecular weight excluding hydrogens is 285 g/mol. The van der Waals surface area contributed by atoms with Gasteiger partial charge < -0.3 is 15.0 Å². The van der Waals surface area contributed by atoms with E-state index in [4.69, 9.17) is 4.74 Å². The normalized spacial score (nSPS) is 21.0. The molecule has 7 heteroatoms. The van der Waals surface area contributed by atoms with Crippen molar-refractivity contribution in [2.24, 2.45) is 0 Å². The first-order valence-corrected chi connectivity index (χ1v) is 7.35. The summed E-state index contributed by atoms with van der Waals surface area (Å²) in [5.41, 5.74) is -0.534. The topological polar surface area (TPSA) is 41.6 Å². The van der Waals surface area contributed by atoms with Gasteiger partial charge in [0.15, 0.2) is 0 Å². The summed E-state index contributed by atoms with van der Waals surface area (Å²) in [7, 11) is 0. The summed E-state index contributed by atoms with van der Waals surface area (Å²) in [6.07, 6.45) is -3.10. The fourth-order valence-electron chi connectivity index (χ4n) is 2.23. The van der Waals surface area contributed by atoms with Crippen LogP contribution in [0.4, 0.5) is 18.0 Å². The highest BCUT2D eigenvalue weighted by molar-refractivity contribution is 5.68. The van der Waals surface area contributed by atoms with Crippen LogP contribution in [0, 0.1) is 0 Å². The Kier molecular flexibility index (Phi) is 6.31. The Balaban J connectivity index is 2.35. The lowest BCUT2D eigenvalue weighted by Crippen LogP contribution is -2.38. The predicted octanol–water partition coefficient (Wildman–Crippen LogP) is 3.32. The molecule has 1 rings (SSSR count). The number of carbonyl (C=O) groups excluding carboxylic acids is 1. The standard InChI is InChI=1S/C14H25F3N2O2/c1-13(2,3)21-12(20)19-9-4-5-11(6-10-19)18-8-7-14(15,16)17/h11,18H,4-10H2,1-3H3. The van der Waals surface area contributed by atoms with E-state index in [-0.39, 0.29) is 18.7 Å². The molecule has 124 valence electrons. The van der Waals surface area contributed by atoms with Crippen molar-refractivity contribution in [1.82, 2.24) is 10.2 Å². The fourth-order valence-corrected chi connectivity index (χ4v) is 2.23. The molecule has 0 saturated carbocycles. The highest BCUT2D eigenvalue weighted by atomic mass is 19.4. The van der Waals surface area contributed by atoms with Gasteiger partial charge in [0.25, 0.3) is 0 Å². The van der Waals surface area contributed by atoms with Gasteiger partial charge in [0.05, 0.1) is 6.42 Å². The fraction of sp³-hybridized carbons (Fsp3) is 0.929. The highest BCUT2D eigenvalue weighted by Gasteiger charge is 2.28. The molecule has 1 fully saturated rings. The summed E-state index contributed by atoms with van der Waals surface area (Å²) in [6, 6.07) is 0.0276. The van der Waals surface area contributed by atoms with Crippen LogP contribution in [0.5, 0.6) is 0 Å². The number of carbonyl (C=O) groups is 1. The van der Waals surface area contributed by atoms with Crippen molar-refractivity contribution in [2.75, 3.05) is 19.6 Å². The van der Waals surface area contributed by atoms with Crippen LogP contribution in [0.1, 0.15) is 46.5 Å². The molecule has 0 aromatic carbocycles. The monoisotopic (exact) mass is 310 g/mol. The average molecular weight is 310 g/mol. The first-order chi connectivity index (χ1) is 9.57. The van der Waals surface area contributed by atoms with Gasteiger partial charge in [-0.2, -0.15) is 13.2 Å². The van der Waals surface area contributed by atoms with Crippen molar-refractivity contribution in [2.45, 2.75) is 64.3 Å². The second-order valence-corrected chi connectivity index (χ2v) is 6.41. The molecule has 1 saturated heterocycles. The number of alkyl halides is 3. The largest absolute Gasteiger partial charge is 0.444 e. The Morgan fingerprint density at radius 1 is 1.24 bits per heavy atom. The molecule has 1 aliphatic rings. The SMILES string of the molecule is CC(C)(C)OC(=O)N1CCCC(NCCC(F)(F)F)CC1.